The topological polar surface area (TPSA) is 53.4 Å². The molecule has 0 spiro atoms. The van der Waals surface area contributed by atoms with Crippen LogP contribution in [-0.2, 0) is 0 Å². The number of hydrogen-bond donors (Lipinski definition) is 3. The minimum absolute atomic E-state index is 0.0966. The summed E-state index contributed by atoms with van der Waals surface area (Å²) >= 11 is 3.80. The van der Waals surface area contributed by atoms with Crippen LogP contribution in [0.5, 0.6) is 0 Å². The van der Waals surface area contributed by atoms with E-state index in [0.717, 1.165) is 6.07 Å². The zero-order valence-corrected chi connectivity index (χ0v) is 7.66. The molecule has 0 aliphatic carbocycles. The van der Waals surface area contributed by atoms with Gasteiger partial charge < -0.3 is 10.2 Å². The predicted octanol–water partition coefficient (Wildman–Crippen LogP) is 0.545. The summed E-state index contributed by atoms with van der Waals surface area (Å²) in [5, 5.41) is 18.6. The van der Waals surface area contributed by atoms with Crippen molar-refractivity contribution in [2.24, 2.45) is 0 Å². The van der Waals surface area contributed by atoms with Crippen LogP contribution in [0.3, 0.4) is 0 Å². The fraction of sp³-hybridized carbons (Fsp3) is 0.375. The summed E-state index contributed by atoms with van der Waals surface area (Å²) in [6, 6.07) is 2.25. The molecule has 2 N–H and O–H groups in total. The molecule has 1 heterocycles. The summed E-state index contributed by atoms with van der Waals surface area (Å²) in [4.78, 5) is 3.72. The van der Waals surface area contributed by atoms with Gasteiger partial charge in [-0.1, -0.05) is 0 Å². The van der Waals surface area contributed by atoms with Crippen LogP contribution in [0.2, 0.25) is 0 Å². The highest BCUT2D eigenvalue weighted by atomic mass is 32.1. The molecule has 0 saturated heterocycles. The zero-order valence-electron chi connectivity index (χ0n) is 6.76. The Morgan fingerprint density at radius 2 is 2.23 bits per heavy atom. The van der Waals surface area contributed by atoms with Gasteiger partial charge >= 0.3 is 0 Å². The summed E-state index contributed by atoms with van der Waals surface area (Å²) in [7, 11) is 0. The lowest BCUT2D eigenvalue weighted by Crippen LogP contribution is -2.20. The van der Waals surface area contributed by atoms with E-state index in [4.69, 9.17) is 0 Å². The summed E-state index contributed by atoms with van der Waals surface area (Å²) in [6.07, 6.45) is -0.982. The quantitative estimate of drug-likeness (QED) is 0.629. The van der Waals surface area contributed by atoms with Gasteiger partial charge in [0, 0.05) is 11.9 Å². The lowest BCUT2D eigenvalue weighted by Gasteiger charge is -2.14. The van der Waals surface area contributed by atoms with Crippen molar-refractivity contribution in [1.29, 1.82) is 0 Å². The Hall–Kier alpha value is -0.650. The van der Waals surface area contributed by atoms with Crippen LogP contribution in [0.1, 0.15) is 11.8 Å². The minimum atomic E-state index is -1.19. The highest BCUT2D eigenvalue weighted by molar-refractivity contribution is 7.80. The smallest absolute Gasteiger partial charge is 0.126 e. The zero-order chi connectivity index (χ0) is 9.84. The Labute approximate surface area is 80.7 Å². The van der Waals surface area contributed by atoms with E-state index >= 15 is 0 Å². The van der Waals surface area contributed by atoms with Crippen molar-refractivity contribution in [3.63, 3.8) is 0 Å². The summed E-state index contributed by atoms with van der Waals surface area (Å²) in [6.45, 7) is 0. The number of pyridine rings is 1. The first-order valence-electron chi connectivity index (χ1n) is 3.73. The van der Waals surface area contributed by atoms with E-state index in [-0.39, 0.29) is 11.4 Å². The van der Waals surface area contributed by atoms with Gasteiger partial charge in [-0.2, -0.15) is 12.6 Å². The van der Waals surface area contributed by atoms with Crippen molar-refractivity contribution in [1.82, 2.24) is 4.98 Å². The van der Waals surface area contributed by atoms with E-state index in [1.807, 2.05) is 0 Å². The summed E-state index contributed by atoms with van der Waals surface area (Å²) in [5.41, 5.74) is 0.113. The maximum Gasteiger partial charge on any atom is 0.126 e. The van der Waals surface area contributed by atoms with E-state index in [1.54, 1.807) is 0 Å². The standard InChI is InChI=1S/C8H10FNO2S/c9-5-1-2-10-6(3-5)8(12)7(11)4-13/h1-3,7-8,11-13H,4H2. The van der Waals surface area contributed by atoms with E-state index in [0.29, 0.717) is 0 Å². The average molecular weight is 203 g/mol. The molecule has 72 valence electrons. The van der Waals surface area contributed by atoms with Gasteiger partial charge in [0.25, 0.3) is 0 Å². The first kappa shape index (κ1) is 10.4. The molecule has 2 unspecified atom stereocenters. The lowest BCUT2D eigenvalue weighted by atomic mass is 10.1. The molecule has 0 amide bonds. The molecule has 0 radical (unpaired) electrons. The molecule has 1 aromatic rings. The number of rotatable bonds is 3. The van der Waals surface area contributed by atoms with Crippen molar-refractivity contribution >= 4 is 12.6 Å². The molecular formula is C8H10FNO2S. The number of hydrogen-bond acceptors (Lipinski definition) is 4. The molecule has 2 atom stereocenters. The van der Waals surface area contributed by atoms with Gasteiger partial charge in [-0.05, 0) is 12.1 Å². The lowest BCUT2D eigenvalue weighted by molar-refractivity contribution is 0.0308. The molecular weight excluding hydrogens is 193 g/mol. The van der Waals surface area contributed by atoms with Gasteiger partial charge in [0.05, 0.1) is 11.8 Å². The van der Waals surface area contributed by atoms with Crippen LogP contribution in [0.4, 0.5) is 4.39 Å². The number of thiol groups is 1. The SMILES string of the molecule is OC(CS)C(O)c1cc(F)ccn1. The monoisotopic (exact) mass is 203 g/mol. The molecule has 1 aromatic heterocycles. The molecule has 0 saturated carbocycles. The van der Waals surface area contributed by atoms with Gasteiger partial charge in [-0.3, -0.25) is 4.98 Å². The third-order valence-corrected chi connectivity index (χ3v) is 1.97. The molecule has 0 aromatic carbocycles. The van der Waals surface area contributed by atoms with Gasteiger partial charge in [0.2, 0.25) is 0 Å². The molecule has 0 fully saturated rings. The average Bonchev–Trinajstić information content (AvgIpc) is 2.15. The van der Waals surface area contributed by atoms with Crippen LogP contribution in [-0.4, -0.2) is 27.1 Å². The number of aromatic nitrogens is 1. The highest BCUT2D eigenvalue weighted by Gasteiger charge is 2.18. The normalized spacial score (nSPS) is 15.4. The van der Waals surface area contributed by atoms with Crippen LogP contribution < -0.4 is 0 Å². The second kappa shape index (κ2) is 4.55. The van der Waals surface area contributed by atoms with Gasteiger partial charge in [-0.15, -0.1) is 0 Å². The van der Waals surface area contributed by atoms with Crippen LogP contribution in [0.15, 0.2) is 18.3 Å². The van der Waals surface area contributed by atoms with Crippen molar-refractivity contribution in [2.45, 2.75) is 12.2 Å². The molecule has 0 bridgehead atoms. The minimum Gasteiger partial charge on any atom is -0.389 e. The molecule has 0 aliphatic heterocycles. The first-order valence-corrected chi connectivity index (χ1v) is 4.37. The second-order valence-electron chi connectivity index (χ2n) is 2.59. The number of aliphatic hydroxyl groups excluding tert-OH is 2. The Balaban J connectivity index is 2.82. The largest absolute Gasteiger partial charge is 0.389 e. The van der Waals surface area contributed by atoms with Gasteiger partial charge in [0.15, 0.2) is 0 Å². The number of nitrogens with zero attached hydrogens (tertiary/aromatic N) is 1. The van der Waals surface area contributed by atoms with Crippen molar-refractivity contribution in [2.75, 3.05) is 5.75 Å². The van der Waals surface area contributed by atoms with Gasteiger partial charge in [0.1, 0.15) is 11.9 Å². The maximum absolute atomic E-state index is 12.6. The number of aliphatic hydroxyl groups is 2. The third kappa shape index (κ3) is 2.65. The predicted molar refractivity (Wildman–Crippen MR) is 49.0 cm³/mol. The van der Waals surface area contributed by atoms with Crippen LogP contribution >= 0.6 is 12.6 Å². The Morgan fingerprint density at radius 3 is 2.77 bits per heavy atom. The van der Waals surface area contributed by atoms with E-state index < -0.39 is 18.0 Å². The van der Waals surface area contributed by atoms with Gasteiger partial charge in [-0.25, -0.2) is 4.39 Å². The molecule has 5 heteroatoms. The Morgan fingerprint density at radius 1 is 1.54 bits per heavy atom. The first-order chi connectivity index (χ1) is 6.15. The molecule has 3 nitrogen and oxygen atoms in total. The summed E-state index contributed by atoms with van der Waals surface area (Å²) < 4.78 is 12.6. The van der Waals surface area contributed by atoms with Crippen molar-refractivity contribution in [3.8, 4) is 0 Å². The van der Waals surface area contributed by atoms with E-state index in [2.05, 4.69) is 17.6 Å². The van der Waals surface area contributed by atoms with Crippen molar-refractivity contribution in [3.05, 3.63) is 29.8 Å². The maximum atomic E-state index is 12.6. The molecule has 1 rings (SSSR count). The fourth-order valence-electron chi connectivity index (χ4n) is 0.880. The van der Waals surface area contributed by atoms with Crippen LogP contribution in [0, 0.1) is 5.82 Å². The van der Waals surface area contributed by atoms with Crippen LogP contribution in [0.25, 0.3) is 0 Å². The van der Waals surface area contributed by atoms with E-state index in [9.17, 15) is 14.6 Å². The number of halogens is 1. The van der Waals surface area contributed by atoms with Crippen molar-refractivity contribution < 1.29 is 14.6 Å². The highest BCUT2D eigenvalue weighted by Crippen LogP contribution is 2.15. The fourth-order valence-corrected chi connectivity index (χ4v) is 1.08. The third-order valence-electron chi connectivity index (χ3n) is 1.60. The second-order valence-corrected chi connectivity index (χ2v) is 2.96. The molecule has 13 heavy (non-hydrogen) atoms. The summed E-state index contributed by atoms with van der Waals surface area (Å²) in [5.74, 6) is -0.394. The Bertz CT molecular complexity index is 285. The van der Waals surface area contributed by atoms with E-state index in [1.165, 1.54) is 12.3 Å². The Kier molecular flexibility index (Phi) is 3.65. The molecule has 0 aliphatic rings.